The van der Waals surface area contributed by atoms with Gasteiger partial charge in [-0.3, -0.25) is 4.79 Å². The second-order valence-corrected chi connectivity index (χ2v) is 4.45. The molecule has 0 spiro atoms. The van der Waals surface area contributed by atoms with Crippen LogP contribution in [0.4, 0.5) is 4.39 Å². The molecular formula is C15H12ClFO3. The Morgan fingerprint density at radius 1 is 1.25 bits per heavy atom. The van der Waals surface area contributed by atoms with Gasteiger partial charge in [0, 0.05) is 5.56 Å². The van der Waals surface area contributed by atoms with E-state index in [1.54, 1.807) is 24.3 Å². The number of aldehydes is 1. The van der Waals surface area contributed by atoms with E-state index in [9.17, 15) is 9.18 Å². The summed E-state index contributed by atoms with van der Waals surface area (Å²) in [7, 11) is 1.52. The van der Waals surface area contributed by atoms with Crippen molar-refractivity contribution in [3.63, 3.8) is 0 Å². The summed E-state index contributed by atoms with van der Waals surface area (Å²) in [6.45, 7) is 0.145. The number of hydrogen-bond donors (Lipinski definition) is 0. The van der Waals surface area contributed by atoms with E-state index in [1.165, 1.54) is 19.2 Å². The molecule has 0 N–H and O–H groups in total. The third-order valence-corrected chi connectivity index (χ3v) is 3.09. The first kappa shape index (κ1) is 14.3. The fourth-order valence-corrected chi connectivity index (χ4v) is 1.89. The van der Waals surface area contributed by atoms with Crippen LogP contribution in [0.15, 0.2) is 36.4 Å². The summed E-state index contributed by atoms with van der Waals surface area (Å²) in [6.07, 6.45) is 0.685. The second-order valence-electron chi connectivity index (χ2n) is 4.05. The van der Waals surface area contributed by atoms with Gasteiger partial charge in [-0.2, -0.15) is 0 Å². The SMILES string of the molecule is COc1ccc(OCc2ccc(F)cc2Cl)c(C=O)c1. The van der Waals surface area contributed by atoms with Crippen molar-refractivity contribution in [2.75, 3.05) is 7.11 Å². The van der Waals surface area contributed by atoms with Crippen molar-refractivity contribution in [3.8, 4) is 11.5 Å². The lowest BCUT2D eigenvalue weighted by molar-refractivity contribution is 0.111. The smallest absolute Gasteiger partial charge is 0.153 e. The van der Waals surface area contributed by atoms with Crippen LogP contribution in [-0.4, -0.2) is 13.4 Å². The standard InChI is InChI=1S/C15H12ClFO3/c1-19-13-4-5-15(11(6-13)8-18)20-9-10-2-3-12(17)7-14(10)16/h2-8H,9H2,1H3. The van der Waals surface area contributed by atoms with E-state index < -0.39 is 5.82 Å². The van der Waals surface area contributed by atoms with E-state index in [0.717, 1.165) is 0 Å². The van der Waals surface area contributed by atoms with Crippen molar-refractivity contribution >= 4 is 17.9 Å². The predicted molar refractivity (Wildman–Crippen MR) is 74.1 cm³/mol. The van der Waals surface area contributed by atoms with Gasteiger partial charge in [0.1, 0.15) is 23.9 Å². The molecule has 0 heterocycles. The van der Waals surface area contributed by atoms with E-state index in [-0.39, 0.29) is 11.6 Å². The van der Waals surface area contributed by atoms with E-state index in [1.807, 2.05) is 0 Å². The first-order valence-electron chi connectivity index (χ1n) is 5.84. The largest absolute Gasteiger partial charge is 0.497 e. The zero-order valence-corrected chi connectivity index (χ0v) is 11.5. The zero-order valence-electron chi connectivity index (χ0n) is 10.7. The topological polar surface area (TPSA) is 35.5 Å². The highest BCUT2D eigenvalue weighted by Gasteiger charge is 2.07. The van der Waals surface area contributed by atoms with Gasteiger partial charge in [0.05, 0.1) is 17.7 Å². The Hall–Kier alpha value is -2.07. The van der Waals surface area contributed by atoms with Crippen molar-refractivity contribution in [2.45, 2.75) is 6.61 Å². The molecule has 0 bridgehead atoms. The van der Waals surface area contributed by atoms with Crippen LogP contribution in [0.3, 0.4) is 0 Å². The summed E-state index contributed by atoms with van der Waals surface area (Å²) in [4.78, 5) is 11.0. The highest BCUT2D eigenvalue weighted by Crippen LogP contribution is 2.25. The molecule has 20 heavy (non-hydrogen) atoms. The highest BCUT2D eigenvalue weighted by atomic mass is 35.5. The van der Waals surface area contributed by atoms with Crippen molar-refractivity contribution < 1.29 is 18.7 Å². The first-order chi connectivity index (χ1) is 9.63. The number of hydrogen-bond acceptors (Lipinski definition) is 3. The maximum absolute atomic E-state index is 12.9. The fraction of sp³-hybridized carbons (Fsp3) is 0.133. The van der Waals surface area contributed by atoms with Crippen LogP contribution in [0.1, 0.15) is 15.9 Å². The number of ether oxygens (including phenoxy) is 2. The van der Waals surface area contributed by atoms with Crippen LogP contribution >= 0.6 is 11.6 Å². The Labute approximate surface area is 120 Å². The van der Waals surface area contributed by atoms with E-state index in [4.69, 9.17) is 21.1 Å². The molecule has 2 aromatic rings. The summed E-state index contributed by atoms with van der Waals surface area (Å²) in [5.74, 6) is 0.581. The van der Waals surface area contributed by atoms with Gasteiger partial charge in [0.2, 0.25) is 0 Å². The van der Waals surface area contributed by atoms with Gasteiger partial charge in [0.25, 0.3) is 0 Å². The van der Waals surface area contributed by atoms with Crippen molar-refractivity contribution in [1.82, 2.24) is 0 Å². The second kappa shape index (κ2) is 6.39. The summed E-state index contributed by atoms with van der Waals surface area (Å²) in [6, 6.07) is 8.97. The van der Waals surface area contributed by atoms with Crippen molar-refractivity contribution in [1.29, 1.82) is 0 Å². The Bertz CT molecular complexity index is 629. The van der Waals surface area contributed by atoms with Gasteiger partial charge in [0.15, 0.2) is 6.29 Å². The molecule has 0 aliphatic carbocycles. The van der Waals surface area contributed by atoms with Gasteiger partial charge in [-0.25, -0.2) is 4.39 Å². The van der Waals surface area contributed by atoms with Crippen LogP contribution < -0.4 is 9.47 Å². The first-order valence-corrected chi connectivity index (χ1v) is 6.22. The molecule has 2 rings (SSSR count). The molecule has 0 aliphatic rings. The minimum Gasteiger partial charge on any atom is -0.497 e. The molecule has 0 atom stereocenters. The Kier molecular flexibility index (Phi) is 4.58. The minimum absolute atomic E-state index is 0.145. The number of methoxy groups -OCH3 is 1. The van der Waals surface area contributed by atoms with Gasteiger partial charge < -0.3 is 9.47 Å². The third-order valence-electron chi connectivity index (χ3n) is 2.74. The normalized spacial score (nSPS) is 10.2. The van der Waals surface area contributed by atoms with Crippen LogP contribution in [0.2, 0.25) is 5.02 Å². The minimum atomic E-state index is -0.406. The van der Waals surface area contributed by atoms with E-state index >= 15 is 0 Å². The Balaban J connectivity index is 2.16. The zero-order chi connectivity index (χ0) is 14.5. The summed E-state index contributed by atoms with van der Waals surface area (Å²) >= 11 is 5.91. The molecule has 0 aromatic heterocycles. The predicted octanol–water partition coefficient (Wildman–Crippen LogP) is 3.88. The maximum Gasteiger partial charge on any atom is 0.153 e. The number of carbonyl (C=O) groups excluding carboxylic acids is 1. The number of carbonyl (C=O) groups is 1. The molecule has 0 amide bonds. The van der Waals surface area contributed by atoms with Crippen LogP contribution in [-0.2, 0) is 6.61 Å². The molecule has 0 saturated carbocycles. The van der Waals surface area contributed by atoms with Crippen LogP contribution in [0.25, 0.3) is 0 Å². The highest BCUT2D eigenvalue weighted by molar-refractivity contribution is 6.31. The Morgan fingerprint density at radius 3 is 2.70 bits per heavy atom. The van der Waals surface area contributed by atoms with Crippen LogP contribution in [0, 0.1) is 5.82 Å². The summed E-state index contributed by atoms with van der Waals surface area (Å²) in [5.41, 5.74) is 1.02. The molecule has 0 unspecified atom stereocenters. The third kappa shape index (κ3) is 3.27. The molecule has 2 aromatic carbocycles. The maximum atomic E-state index is 12.9. The van der Waals surface area contributed by atoms with Gasteiger partial charge in [-0.15, -0.1) is 0 Å². The van der Waals surface area contributed by atoms with Gasteiger partial charge in [-0.05, 0) is 30.3 Å². The molecule has 104 valence electrons. The quantitative estimate of drug-likeness (QED) is 0.785. The van der Waals surface area contributed by atoms with E-state index in [2.05, 4.69) is 0 Å². The lowest BCUT2D eigenvalue weighted by atomic mass is 10.2. The average Bonchev–Trinajstić information content (AvgIpc) is 2.46. The number of rotatable bonds is 5. The van der Waals surface area contributed by atoms with Crippen molar-refractivity contribution in [2.24, 2.45) is 0 Å². The van der Waals surface area contributed by atoms with Crippen LogP contribution in [0.5, 0.6) is 11.5 Å². The van der Waals surface area contributed by atoms with Gasteiger partial charge in [-0.1, -0.05) is 17.7 Å². The lowest BCUT2D eigenvalue weighted by Crippen LogP contribution is -1.99. The molecule has 0 aliphatic heterocycles. The average molecular weight is 295 g/mol. The summed E-state index contributed by atoms with van der Waals surface area (Å²) in [5, 5.41) is 0.283. The molecule has 0 radical (unpaired) electrons. The molecule has 0 saturated heterocycles. The number of benzene rings is 2. The monoisotopic (exact) mass is 294 g/mol. The molecule has 5 heteroatoms. The summed E-state index contributed by atoms with van der Waals surface area (Å²) < 4.78 is 23.5. The van der Waals surface area contributed by atoms with E-state index in [0.29, 0.717) is 28.9 Å². The fourth-order valence-electron chi connectivity index (χ4n) is 1.67. The van der Waals surface area contributed by atoms with Crippen molar-refractivity contribution in [3.05, 3.63) is 58.4 Å². The molecule has 3 nitrogen and oxygen atoms in total. The number of halogens is 2. The Morgan fingerprint density at radius 2 is 2.05 bits per heavy atom. The lowest BCUT2D eigenvalue weighted by Gasteiger charge is -2.10. The van der Waals surface area contributed by atoms with Gasteiger partial charge >= 0.3 is 0 Å². The molecular weight excluding hydrogens is 283 g/mol. The molecule has 0 fully saturated rings.